The molecule has 1 aromatic heterocycles. The Kier molecular flexibility index (Phi) is 2.95. The molecule has 0 spiro atoms. The smallest absolute Gasteiger partial charge is 0.224 e. The van der Waals surface area contributed by atoms with Gasteiger partial charge in [-0.05, 0) is 6.42 Å². The molecule has 2 rings (SSSR count). The van der Waals surface area contributed by atoms with Crippen molar-refractivity contribution in [3.05, 3.63) is 18.2 Å². The molecule has 2 heterocycles. The second-order valence-corrected chi connectivity index (χ2v) is 6.08. The number of hydrogen-bond acceptors (Lipinski definition) is 4. The van der Waals surface area contributed by atoms with Crippen LogP contribution in [0.15, 0.2) is 12.4 Å². The number of hydrogen-bond donors (Lipinski definition) is 2. The fourth-order valence-electron chi connectivity index (χ4n) is 1.71. The van der Waals surface area contributed by atoms with Crippen molar-refractivity contribution >= 4 is 15.7 Å². The van der Waals surface area contributed by atoms with Crippen LogP contribution in [0.1, 0.15) is 12.2 Å². The van der Waals surface area contributed by atoms with E-state index < -0.39 is 15.8 Å². The molecule has 0 saturated carbocycles. The minimum absolute atomic E-state index is 0.0308. The first-order valence-corrected chi connectivity index (χ1v) is 6.85. The van der Waals surface area contributed by atoms with E-state index in [9.17, 15) is 13.2 Å². The molecule has 1 aromatic rings. The van der Waals surface area contributed by atoms with E-state index >= 15 is 0 Å². The minimum atomic E-state index is -3.00. The molecule has 88 valence electrons. The lowest BCUT2D eigenvalue weighted by molar-refractivity contribution is -0.124. The molecule has 1 aliphatic heterocycles. The van der Waals surface area contributed by atoms with Gasteiger partial charge in [0.15, 0.2) is 9.84 Å². The Bertz CT molecular complexity index is 466. The van der Waals surface area contributed by atoms with Crippen molar-refractivity contribution in [3.63, 3.8) is 0 Å². The van der Waals surface area contributed by atoms with Crippen LogP contribution in [0.5, 0.6) is 0 Å². The predicted molar refractivity (Wildman–Crippen MR) is 57.2 cm³/mol. The quantitative estimate of drug-likeness (QED) is 0.745. The van der Waals surface area contributed by atoms with Crippen LogP contribution in [0.4, 0.5) is 0 Å². The summed E-state index contributed by atoms with van der Waals surface area (Å²) in [6.45, 7) is 0.308. The zero-order valence-corrected chi connectivity index (χ0v) is 9.46. The van der Waals surface area contributed by atoms with Gasteiger partial charge in [-0.15, -0.1) is 0 Å². The second kappa shape index (κ2) is 4.25. The van der Waals surface area contributed by atoms with Gasteiger partial charge in [0.05, 0.1) is 24.0 Å². The molecule has 0 bridgehead atoms. The Morgan fingerprint density at radius 2 is 2.44 bits per heavy atom. The van der Waals surface area contributed by atoms with Crippen LogP contribution in [0.3, 0.4) is 0 Å². The number of H-pyrrole nitrogens is 1. The van der Waals surface area contributed by atoms with Gasteiger partial charge < -0.3 is 10.3 Å². The second-order valence-electron chi connectivity index (χ2n) is 3.85. The largest absolute Gasteiger partial charge is 0.349 e. The lowest BCUT2D eigenvalue weighted by Gasteiger charge is -2.07. The zero-order chi connectivity index (χ0) is 11.6. The van der Waals surface area contributed by atoms with Gasteiger partial charge in [0, 0.05) is 12.4 Å². The maximum absolute atomic E-state index is 11.6. The molecule has 1 amide bonds. The summed E-state index contributed by atoms with van der Waals surface area (Å²) < 4.78 is 22.4. The molecule has 7 heteroatoms. The summed E-state index contributed by atoms with van der Waals surface area (Å²) in [5.41, 5.74) is 0. The lowest BCUT2D eigenvalue weighted by atomic mass is 10.1. The average Bonchev–Trinajstić information content (AvgIpc) is 2.83. The molecule has 0 radical (unpaired) electrons. The van der Waals surface area contributed by atoms with Crippen molar-refractivity contribution in [2.45, 2.75) is 13.0 Å². The van der Waals surface area contributed by atoms with Gasteiger partial charge in [-0.2, -0.15) is 0 Å². The van der Waals surface area contributed by atoms with Gasteiger partial charge in [-0.25, -0.2) is 13.4 Å². The van der Waals surface area contributed by atoms with Crippen LogP contribution in [0, 0.1) is 5.92 Å². The van der Waals surface area contributed by atoms with Crippen LogP contribution in [0.2, 0.25) is 0 Å². The number of aromatic amines is 1. The summed E-state index contributed by atoms with van der Waals surface area (Å²) in [4.78, 5) is 18.4. The topological polar surface area (TPSA) is 91.9 Å². The number of aromatic nitrogens is 2. The highest BCUT2D eigenvalue weighted by Gasteiger charge is 2.32. The molecular formula is C9H13N3O3S. The fraction of sp³-hybridized carbons (Fsp3) is 0.556. The van der Waals surface area contributed by atoms with E-state index in [4.69, 9.17) is 0 Å². The van der Waals surface area contributed by atoms with Crippen LogP contribution in [0.25, 0.3) is 0 Å². The summed E-state index contributed by atoms with van der Waals surface area (Å²) in [6, 6.07) is 0. The van der Waals surface area contributed by atoms with Gasteiger partial charge in [-0.1, -0.05) is 0 Å². The molecule has 1 fully saturated rings. The van der Waals surface area contributed by atoms with Crippen molar-refractivity contribution < 1.29 is 13.2 Å². The van der Waals surface area contributed by atoms with Crippen LogP contribution in [-0.2, 0) is 21.2 Å². The molecular weight excluding hydrogens is 230 g/mol. The number of carbonyl (C=O) groups is 1. The average molecular weight is 243 g/mol. The standard InChI is InChI=1S/C9H13N3O3S/c13-9(7-1-4-16(14,15)6-7)12-5-8-10-2-3-11-8/h2-3,7H,1,4-6H2,(H,10,11)(H,12,13). The predicted octanol–water partition coefficient (Wildman–Crippen LogP) is -0.539. The summed E-state index contributed by atoms with van der Waals surface area (Å²) >= 11 is 0. The fourth-order valence-corrected chi connectivity index (χ4v) is 3.45. The Labute approximate surface area is 93.4 Å². The summed E-state index contributed by atoms with van der Waals surface area (Å²) in [7, 11) is -3.00. The summed E-state index contributed by atoms with van der Waals surface area (Å²) in [5.74, 6) is 0.134. The van der Waals surface area contributed by atoms with Crippen LogP contribution < -0.4 is 5.32 Å². The molecule has 1 unspecified atom stereocenters. The first-order valence-electron chi connectivity index (χ1n) is 5.03. The van der Waals surface area contributed by atoms with E-state index in [-0.39, 0.29) is 17.4 Å². The van der Waals surface area contributed by atoms with Crippen molar-refractivity contribution in [2.75, 3.05) is 11.5 Å². The molecule has 1 atom stereocenters. The number of nitrogens with one attached hydrogen (secondary N) is 2. The van der Waals surface area contributed by atoms with Gasteiger partial charge in [-0.3, -0.25) is 4.79 Å². The highest BCUT2D eigenvalue weighted by atomic mass is 32.2. The number of imidazole rings is 1. The number of nitrogens with zero attached hydrogens (tertiary/aromatic N) is 1. The summed E-state index contributed by atoms with van der Waals surface area (Å²) in [5, 5.41) is 2.67. The van der Waals surface area contributed by atoms with Gasteiger partial charge in [0.1, 0.15) is 5.82 Å². The monoisotopic (exact) mass is 243 g/mol. The third kappa shape index (κ3) is 2.60. The highest BCUT2D eigenvalue weighted by molar-refractivity contribution is 7.91. The number of carbonyl (C=O) groups excluding carboxylic acids is 1. The highest BCUT2D eigenvalue weighted by Crippen LogP contribution is 2.18. The van der Waals surface area contributed by atoms with Crippen molar-refractivity contribution in [3.8, 4) is 0 Å². The molecule has 6 nitrogen and oxygen atoms in total. The molecule has 0 aromatic carbocycles. The Balaban J connectivity index is 1.85. The SMILES string of the molecule is O=C(NCc1ncc[nH]1)C1CCS(=O)(=O)C1. The van der Waals surface area contributed by atoms with E-state index in [2.05, 4.69) is 15.3 Å². The van der Waals surface area contributed by atoms with Crippen LogP contribution in [-0.4, -0.2) is 35.8 Å². The van der Waals surface area contributed by atoms with E-state index in [0.717, 1.165) is 0 Å². The number of sulfone groups is 1. The van der Waals surface area contributed by atoms with Gasteiger partial charge >= 0.3 is 0 Å². The zero-order valence-electron chi connectivity index (χ0n) is 8.64. The normalized spacial score (nSPS) is 23.1. The van der Waals surface area contributed by atoms with E-state index in [1.807, 2.05) is 0 Å². The minimum Gasteiger partial charge on any atom is -0.349 e. The van der Waals surface area contributed by atoms with E-state index in [0.29, 0.717) is 18.8 Å². The molecule has 0 aliphatic carbocycles. The van der Waals surface area contributed by atoms with E-state index in [1.54, 1.807) is 12.4 Å². The van der Waals surface area contributed by atoms with E-state index in [1.165, 1.54) is 0 Å². The van der Waals surface area contributed by atoms with Crippen molar-refractivity contribution in [1.29, 1.82) is 0 Å². The first-order chi connectivity index (χ1) is 7.57. The van der Waals surface area contributed by atoms with Gasteiger partial charge in [0.25, 0.3) is 0 Å². The molecule has 1 saturated heterocycles. The third-order valence-electron chi connectivity index (χ3n) is 2.59. The number of amides is 1. The Hall–Kier alpha value is -1.37. The van der Waals surface area contributed by atoms with Gasteiger partial charge in [0.2, 0.25) is 5.91 Å². The van der Waals surface area contributed by atoms with Crippen LogP contribution >= 0.6 is 0 Å². The maximum atomic E-state index is 11.6. The third-order valence-corrected chi connectivity index (χ3v) is 4.36. The van der Waals surface area contributed by atoms with Crippen molar-refractivity contribution in [2.24, 2.45) is 5.92 Å². The molecule has 2 N–H and O–H groups in total. The molecule has 16 heavy (non-hydrogen) atoms. The lowest BCUT2D eigenvalue weighted by Crippen LogP contribution is -2.31. The molecule has 1 aliphatic rings. The maximum Gasteiger partial charge on any atom is 0.224 e. The summed E-state index contributed by atoms with van der Waals surface area (Å²) in [6.07, 6.45) is 3.69. The Morgan fingerprint density at radius 1 is 1.62 bits per heavy atom. The number of rotatable bonds is 3. The Morgan fingerprint density at radius 3 is 3.00 bits per heavy atom. The first kappa shape index (κ1) is 11.1. The van der Waals surface area contributed by atoms with Crippen molar-refractivity contribution in [1.82, 2.24) is 15.3 Å².